The number of amides is 2. The molecule has 2 unspecified atom stereocenters. The van der Waals surface area contributed by atoms with E-state index >= 15 is 0 Å². The van der Waals surface area contributed by atoms with Crippen LogP contribution in [0.2, 0.25) is 5.02 Å². The number of rotatable bonds is 4. The van der Waals surface area contributed by atoms with Gasteiger partial charge in [0.05, 0.1) is 0 Å². The van der Waals surface area contributed by atoms with Gasteiger partial charge in [-0.2, -0.15) is 0 Å². The molecule has 1 fully saturated rings. The molecule has 1 saturated heterocycles. The molecule has 0 bridgehead atoms. The highest BCUT2D eigenvalue weighted by molar-refractivity contribution is 6.30. The lowest BCUT2D eigenvalue weighted by molar-refractivity contribution is -0.149. The summed E-state index contributed by atoms with van der Waals surface area (Å²) in [4.78, 5) is 25.8. The van der Waals surface area contributed by atoms with Crippen LogP contribution in [-0.4, -0.2) is 28.8 Å². The summed E-state index contributed by atoms with van der Waals surface area (Å²) < 4.78 is 13.9. The Morgan fingerprint density at radius 2 is 2.10 bits per heavy atom. The summed E-state index contributed by atoms with van der Waals surface area (Å²) in [6.45, 7) is 3.62. The Labute approximate surface area is 128 Å². The lowest BCUT2D eigenvalue weighted by Gasteiger charge is -2.38. The zero-order chi connectivity index (χ0) is 15.6. The van der Waals surface area contributed by atoms with Gasteiger partial charge in [0.2, 0.25) is 11.8 Å². The second kappa shape index (κ2) is 6.43. The van der Waals surface area contributed by atoms with Crippen molar-refractivity contribution in [3.05, 3.63) is 34.6 Å². The van der Waals surface area contributed by atoms with Crippen LogP contribution in [0.15, 0.2) is 18.2 Å². The van der Waals surface area contributed by atoms with E-state index in [0.29, 0.717) is 17.0 Å². The van der Waals surface area contributed by atoms with Gasteiger partial charge >= 0.3 is 0 Å². The maximum atomic E-state index is 13.9. The predicted octanol–water partition coefficient (Wildman–Crippen LogP) is 2.49. The third-order valence-corrected chi connectivity index (χ3v) is 3.84. The Morgan fingerprint density at radius 1 is 1.38 bits per heavy atom. The Bertz CT molecular complexity index is 565. The van der Waals surface area contributed by atoms with Crippen LogP contribution < -0.4 is 5.32 Å². The number of carbonyl (C=O) groups is 2. The molecule has 1 heterocycles. The van der Waals surface area contributed by atoms with Crippen LogP contribution in [0.3, 0.4) is 0 Å². The first kappa shape index (κ1) is 15.8. The Morgan fingerprint density at radius 3 is 2.76 bits per heavy atom. The summed E-state index contributed by atoms with van der Waals surface area (Å²) in [5.74, 6) is -0.820. The normalized spacial score (nSPS) is 22.4. The molecule has 2 atom stereocenters. The fourth-order valence-corrected chi connectivity index (χ4v) is 2.71. The van der Waals surface area contributed by atoms with Gasteiger partial charge in [0, 0.05) is 17.1 Å². The van der Waals surface area contributed by atoms with E-state index in [4.69, 9.17) is 11.6 Å². The molecular weight excluding hydrogens is 295 g/mol. The SMILES string of the molecule is CCCC1C(=O)NC(C)C(=O)N1Cc1cc(Cl)ccc1F. The summed E-state index contributed by atoms with van der Waals surface area (Å²) in [7, 11) is 0. The van der Waals surface area contributed by atoms with Gasteiger partial charge in [-0.25, -0.2) is 4.39 Å². The highest BCUT2D eigenvalue weighted by Gasteiger charge is 2.38. The number of piperazine rings is 1. The van der Waals surface area contributed by atoms with E-state index in [9.17, 15) is 14.0 Å². The van der Waals surface area contributed by atoms with Crippen molar-refractivity contribution in [2.75, 3.05) is 0 Å². The van der Waals surface area contributed by atoms with Crippen molar-refractivity contribution in [1.29, 1.82) is 0 Å². The topological polar surface area (TPSA) is 49.4 Å². The van der Waals surface area contributed by atoms with E-state index in [0.717, 1.165) is 6.42 Å². The first-order valence-corrected chi connectivity index (χ1v) is 7.36. The molecule has 4 nitrogen and oxygen atoms in total. The number of nitrogens with zero attached hydrogens (tertiary/aromatic N) is 1. The van der Waals surface area contributed by atoms with Gasteiger partial charge in [0.1, 0.15) is 17.9 Å². The minimum atomic E-state index is -0.590. The minimum Gasteiger partial charge on any atom is -0.343 e. The molecule has 114 valence electrons. The van der Waals surface area contributed by atoms with Crippen molar-refractivity contribution in [1.82, 2.24) is 10.2 Å². The first-order chi connectivity index (χ1) is 9.93. The van der Waals surface area contributed by atoms with E-state index in [-0.39, 0.29) is 18.4 Å². The number of benzene rings is 1. The standard InChI is InChI=1S/C15H18ClFN2O2/c1-3-4-13-14(20)18-9(2)15(21)19(13)8-10-7-11(16)5-6-12(10)17/h5-7,9,13H,3-4,8H2,1-2H3,(H,18,20). The van der Waals surface area contributed by atoms with Gasteiger partial charge in [0.15, 0.2) is 0 Å². The molecule has 2 rings (SSSR count). The molecule has 1 aromatic rings. The maximum Gasteiger partial charge on any atom is 0.245 e. The minimum absolute atomic E-state index is 0.0493. The monoisotopic (exact) mass is 312 g/mol. The van der Waals surface area contributed by atoms with Crippen LogP contribution in [0.5, 0.6) is 0 Å². The van der Waals surface area contributed by atoms with Crippen molar-refractivity contribution >= 4 is 23.4 Å². The van der Waals surface area contributed by atoms with Crippen LogP contribution in [0.25, 0.3) is 0 Å². The Balaban J connectivity index is 2.30. The largest absolute Gasteiger partial charge is 0.343 e. The molecule has 2 amide bonds. The van der Waals surface area contributed by atoms with Crippen LogP contribution in [0.4, 0.5) is 4.39 Å². The maximum absolute atomic E-state index is 13.9. The first-order valence-electron chi connectivity index (χ1n) is 6.98. The van der Waals surface area contributed by atoms with E-state index in [1.165, 1.54) is 23.1 Å². The molecule has 0 aliphatic carbocycles. The fourth-order valence-electron chi connectivity index (χ4n) is 2.51. The molecule has 1 aromatic carbocycles. The van der Waals surface area contributed by atoms with E-state index in [1.807, 2.05) is 6.92 Å². The molecule has 1 aliphatic rings. The van der Waals surface area contributed by atoms with Gasteiger partial charge in [-0.15, -0.1) is 0 Å². The smallest absolute Gasteiger partial charge is 0.245 e. The third kappa shape index (κ3) is 3.35. The van der Waals surface area contributed by atoms with E-state index in [1.54, 1.807) is 6.92 Å². The van der Waals surface area contributed by atoms with Crippen molar-refractivity contribution in [3.63, 3.8) is 0 Å². The molecule has 21 heavy (non-hydrogen) atoms. The van der Waals surface area contributed by atoms with Crippen molar-refractivity contribution in [2.24, 2.45) is 0 Å². The van der Waals surface area contributed by atoms with Crippen molar-refractivity contribution in [2.45, 2.75) is 45.3 Å². The number of nitrogens with one attached hydrogen (secondary N) is 1. The van der Waals surface area contributed by atoms with Gasteiger partial charge in [0.25, 0.3) is 0 Å². The lowest BCUT2D eigenvalue weighted by atomic mass is 10.0. The average Bonchev–Trinajstić information content (AvgIpc) is 2.43. The number of carbonyl (C=O) groups excluding carboxylic acids is 2. The van der Waals surface area contributed by atoms with Gasteiger partial charge in [-0.1, -0.05) is 24.9 Å². The molecular formula is C15H18ClFN2O2. The second-order valence-corrected chi connectivity index (χ2v) is 5.67. The van der Waals surface area contributed by atoms with Crippen LogP contribution >= 0.6 is 11.6 Å². The number of hydrogen-bond donors (Lipinski definition) is 1. The highest BCUT2D eigenvalue weighted by atomic mass is 35.5. The lowest BCUT2D eigenvalue weighted by Crippen LogP contribution is -2.61. The quantitative estimate of drug-likeness (QED) is 0.928. The molecule has 0 aromatic heterocycles. The summed E-state index contributed by atoms with van der Waals surface area (Å²) in [5, 5.41) is 3.06. The summed E-state index contributed by atoms with van der Waals surface area (Å²) in [5.41, 5.74) is 0.318. The van der Waals surface area contributed by atoms with Gasteiger partial charge in [-0.3, -0.25) is 9.59 Å². The molecule has 0 radical (unpaired) electrons. The fraction of sp³-hybridized carbons (Fsp3) is 0.467. The van der Waals surface area contributed by atoms with Gasteiger partial charge < -0.3 is 10.2 Å². The van der Waals surface area contributed by atoms with Crippen LogP contribution in [0, 0.1) is 5.82 Å². The molecule has 0 spiro atoms. The average molecular weight is 313 g/mol. The Kier molecular flexibility index (Phi) is 4.83. The predicted molar refractivity (Wildman–Crippen MR) is 78.3 cm³/mol. The molecule has 0 saturated carbocycles. The Hall–Kier alpha value is -1.62. The zero-order valence-corrected chi connectivity index (χ0v) is 12.8. The highest BCUT2D eigenvalue weighted by Crippen LogP contribution is 2.22. The van der Waals surface area contributed by atoms with Crippen molar-refractivity contribution < 1.29 is 14.0 Å². The number of halogens is 2. The molecule has 1 N–H and O–H groups in total. The summed E-state index contributed by atoms with van der Waals surface area (Å²) in [6, 6.07) is 3.07. The van der Waals surface area contributed by atoms with Crippen molar-refractivity contribution in [3.8, 4) is 0 Å². The summed E-state index contributed by atoms with van der Waals surface area (Å²) >= 11 is 5.88. The van der Waals surface area contributed by atoms with E-state index < -0.39 is 17.9 Å². The second-order valence-electron chi connectivity index (χ2n) is 5.24. The van der Waals surface area contributed by atoms with Crippen LogP contribution in [-0.2, 0) is 16.1 Å². The van der Waals surface area contributed by atoms with Crippen LogP contribution in [0.1, 0.15) is 32.3 Å². The third-order valence-electron chi connectivity index (χ3n) is 3.60. The van der Waals surface area contributed by atoms with Gasteiger partial charge in [-0.05, 0) is 31.5 Å². The zero-order valence-electron chi connectivity index (χ0n) is 12.0. The van der Waals surface area contributed by atoms with E-state index in [2.05, 4.69) is 5.32 Å². The number of hydrogen-bond acceptors (Lipinski definition) is 2. The summed E-state index contributed by atoms with van der Waals surface area (Å²) in [6.07, 6.45) is 1.31. The molecule has 6 heteroatoms. The molecule has 1 aliphatic heterocycles.